The van der Waals surface area contributed by atoms with Crippen LogP contribution in [0.3, 0.4) is 0 Å². The first kappa shape index (κ1) is 24.0. The molecule has 33 heavy (non-hydrogen) atoms. The van der Waals surface area contributed by atoms with Crippen LogP contribution in [0.4, 0.5) is 0 Å². The van der Waals surface area contributed by atoms with Crippen molar-refractivity contribution in [2.45, 2.75) is 86.9 Å². The zero-order chi connectivity index (χ0) is 23.2. The fraction of sp³-hybridized carbons (Fsp3) is 0.667. The van der Waals surface area contributed by atoms with Gasteiger partial charge < -0.3 is 20.2 Å². The molecule has 3 fully saturated rings. The van der Waals surface area contributed by atoms with Crippen LogP contribution in [-0.4, -0.2) is 80.7 Å². The van der Waals surface area contributed by atoms with Gasteiger partial charge in [0.1, 0.15) is 6.04 Å². The van der Waals surface area contributed by atoms with Crippen molar-refractivity contribution < 1.29 is 19.5 Å². The first-order valence-corrected chi connectivity index (χ1v) is 13.1. The third kappa shape index (κ3) is 5.87. The van der Waals surface area contributed by atoms with E-state index in [1.54, 1.807) is 22.2 Å². The van der Waals surface area contributed by atoms with Crippen molar-refractivity contribution >= 4 is 29.5 Å². The molecule has 3 aliphatic rings. The Morgan fingerprint density at radius 3 is 2.45 bits per heavy atom. The first-order chi connectivity index (χ1) is 16.0. The maximum absolute atomic E-state index is 13.4. The lowest BCUT2D eigenvalue weighted by atomic mass is 9.95. The fourth-order valence-electron chi connectivity index (χ4n) is 5.28. The van der Waals surface area contributed by atoms with Crippen molar-refractivity contribution in [1.29, 1.82) is 0 Å². The van der Waals surface area contributed by atoms with Gasteiger partial charge in [0.25, 0.3) is 5.91 Å². The molecule has 3 amide bonds. The monoisotopic (exact) mass is 474 g/mol. The summed E-state index contributed by atoms with van der Waals surface area (Å²) in [6.45, 7) is 1.08. The lowest BCUT2D eigenvalue weighted by molar-refractivity contribution is -0.147. The third-order valence-electron chi connectivity index (χ3n) is 7.04. The Morgan fingerprint density at radius 2 is 1.70 bits per heavy atom. The van der Waals surface area contributed by atoms with E-state index in [0.717, 1.165) is 43.4 Å². The number of aliphatic hydroxyl groups is 1. The Bertz CT molecular complexity index is 833. The largest absolute Gasteiger partial charge is 0.381 e. The average molecular weight is 475 g/mol. The van der Waals surface area contributed by atoms with Gasteiger partial charge >= 0.3 is 0 Å². The molecule has 2 unspecified atom stereocenters. The maximum atomic E-state index is 13.4. The van der Waals surface area contributed by atoms with Gasteiger partial charge in [0.2, 0.25) is 11.8 Å². The number of pyridine rings is 1. The van der Waals surface area contributed by atoms with Crippen LogP contribution in [0, 0.1) is 0 Å². The third-order valence-corrected chi connectivity index (χ3v) is 8.03. The van der Waals surface area contributed by atoms with Gasteiger partial charge in [0.15, 0.2) is 6.10 Å². The number of aliphatic hydroxyl groups excluding tert-OH is 1. The summed E-state index contributed by atoms with van der Waals surface area (Å²) in [4.78, 5) is 47.3. The molecular weight excluding hydrogens is 440 g/mol. The molecule has 1 aromatic heterocycles. The number of nitrogens with one attached hydrogen (secondary N) is 1. The quantitative estimate of drug-likeness (QED) is 0.586. The van der Waals surface area contributed by atoms with E-state index in [0.29, 0.717) is 25.9 Å². The molecule has 2 aliphatic heterocycles. The van der Waals surface area contributed by atoms with E-state index in [2.05, 4.69) is 10.3 Å². The van der Waals surface area contributed by atoms with E-state index in [1.165, 1.54) is 18.2 Å². The van der Waals surface area contributed by atoms with Crippen LogP contribution in [0.15, 0.2) is 29.4 Å². The molecule has 8 nitrogen and oxygen atoms in total. The van der Waals surface area contributed by atoms with Crippen LogP contribution >= 0.6 is 11.8 Å². The van der Waals surface area contributed by atoms with Crippen molar-refractivity contribution in [3.05, 3.63) is 24.5 Å². The molecule has 0 spiro atoms. The summed E-state index contributed by atoms with van der Waals surface area (Å²) in [6, 6.07) is 2.81. The highest BCUT2D eigenvalue weighted by molar-refractivity contribution is 8.00. The maximum Gasteiger partial charge on any atom is 0.251 e. The van der Waals surface area contributed by atoms with Crippen molar-refractivity contribution in [3.63, 3.8) is 0 Å². The fourth-order valence-corrected chi connectivity index (χ4v) is 6.05. The summed E-state index contributed by atoms with van der Waals surface area (Å²) in [6.07, 6.45) is 10.2. The summed E-state index contributed by atoms with van der Waals surface area (Å²) >= 11 is 1.44. The molecule has 180 valence electrons. The van der Waals surface area contributed by atoms with Crippen molar-refractivity contribution in [3.8, 4) is 0 Å². The Hall–Kier alpha value is -2.13. The van der Waals surface area contributed by atoms with Crippen molar-refractivity contribution in [2.75, 3.05) is 18.8 Å². The van der Waals surface area contributed by atoms with Gasteiger partial charge in [-0.25, -0.2) is 0 Å². The summed E-state index contributed by atoms with van der Waals surface area (Å²) in [7, 11) is 0. The number of hydrogen-bond acceptors (Lipinski definition) is 6. The SMILES string of the molecule is O=C(NC1CCCCC1)C(O)C1CCCN1C(=O)[C@H]1CCCN1C(=O)CSc1ccncc1. The number of nitrogens with zero attached hydrogens (tertiary/aromatic N) is 3. The number of thioether (sulfide) groups is 1. The standard InChI is InChI=1S/C24H34N4O4S/c29-21(16-33-18-10-12-25-13-11-18)27-14-5-9-20(27)24(32)28-15-4-8-19(28)22(30)23(31)26-17-6-2-1-3-7-17/h10-13,17,19-20,22,30H,1-9,14-16H2,(H,26,31)/t19?,20-,22?/m1/s1. The summed E-state index contributed by atoms with van der Waals surface area (Å²) in [5, 5.41) is 13.8. The van der Waals surface area contributed by atoms with Crippen molar-refractivity contribution in [1.82, 2.24) is 20.1 Å². The van der Waals surface area contributed by atoms with Gasteiger partial charge in [-0.2, -0.15) is 0 Å². The highest BCUT2D eigenvalue weighted by Gasteiger charge is 2.43. The summed E-state index contributed by atoms with van der Waals surface area (Å²) in [5.41, 5.74) is 0. The zero-order valence-corrected chi connectivity index (χ0v) is 19.8. The molecule has 0 bridgehead atoms. The molecule has 2 N–H and O–H groups in total. The molecule has 0 aromatic carbocycles. The van der Waals surface area contributed by atoms with E-state index in [1.807, 2.05) is 12.1 Å². The van der Waals surface area contributed by atoms with Crippen LogP contribution in [0.25, 0.3) is 0 Å². The highest BCUT2D eigenvalue weighted by Crippen LogP contribution is 2.28. The van der Waals surface area contributed by atoms with E-state index >= 15 is 0 Å². The van der Waals surface area contributed by atoms with E-state index < -0.39 is 18.2 Å². The number of aromatic nitrogens is 1. The Morgan fingerprint density at radius 1 is 1.00 bits per heavy atom. The van der Waals surface area contributed by atoms with Crippen LogP contribution in [0.1, 0.15) is 57.8 Å². The number of likely N-dealkylation sites (tertiary alicyclic amines) is 2. The molecule has 9 heteroatoms. The topological polar surface area (TPSA) is 103 Å². The summed E-state index contributed by atoms with van der Waals surface area (Å²) < 4.78 is 0. The minimum atomic E-state index is -1.23. The normalized spacial score (nSPS) is 24.6. The minimum absolute atomic E-state index is 0.0565. The summed E-state index contributed by atoms with van der Waals surface area (Å²) in [5.74, 6) is -0.301. The lowest BCUT2D eigenvalue weighted by Gasteiger charge is -2.33. The molecular formula is C24H34N4O4S. The molecule has 4 rings (SSSR count). The van der Waals surface area contributed by atoms with Crippen LogP contribution < -0.4 is 5.32 Å². The van der Waals surface area contributed by atoms with E-state index in [-0.39, 0.29) is 29.5 Å². The smallest absolute Gasteiger partial charge is 0.251 e. The second-order valence-corrected chi connectivity index (χ2v) is 10.3. The Balaban J connectivity index is 1.35. The molecule has 1 saturated carbocycles. The van der Waals surface area contributed by atoms with Gasteiger partial charge in [-0.15, -0.1) is 11.8 Å². The van der Waals surface area contributed by atoms with Crippen LogP contribution in [0.2, 0.25) is 0 Å². The Kier molecular flexibility index (Phi) is 8.25. The lowest BCUT2D eigenvalue weighted by Crippen LogP contribution is -2.55. The zero-order valence-electron chi connectivity index (χ0n) is 19.0. The molecule has 2 saturated heterocycles. The van der Waals surface area contributed by atoms with Crippen molar-refractivity contribution in [2.24, 2.45) is 0 Å². The van der Waals surface area contributed by atoms with E-state index in [9.17, 15) is 19.5 Å². The van der Waals surface area contributed by atoms with Gasteiger partial charge in [-0.3, -0.25) is 19.4 Å². The number of rotatable bonds is 7. The molecule has 1 aromatic rings. The van der Waals surface area contributed by atoms with Crippen LogP contribution in [0.5, 0.6) is 0 Å². The molecule has 0 radical (unpaired) electrons. The average Bonchev–Trinajstić information content (AvgIpc) is 3.53. The molecule has 3 heterocycles. The molecule has 1 aliphatic carbocycles. The highest BCUT2D eigenvalue weighted by atomic mass is 32.2. The number of carbonyl (C=O) groups is 3. The van der Waals surface area contributed by atoms with E-state index in [4.69, 9.17) is 0 Å². The predicted octanol–water partition coefficient (Wildman–Crippen LogP) is 1.97. The molecule has 3 atom stereocenters. The van der Waals surface area contributed by atoms with Gasteiger partial charge in [-0.05, 0) is 50.7 Å². The second kappa shape index (κ2) is 11.3. The first-order valence-electron chi connectivity index (χ1n) is 12.2. The Labute approximate surface area is 199 Å². The number of hydrogen-bond donors (Lipinski definition) is 2. The van der Waals surface area contributed by atoms with Gasteiger partial charge in [-0.1, -0.05) is 19.3 Å². The number of amides is 3. The second-order valence-electron chi connectivity index (χ2n) is 9.25. The van der Waals surface area contributed by atoms with Gasteiger partial charge in [0, 0.05) is 36.4 Å². The number of carbonyl (C=O) groups excluding carboxylic acids is 3. The van der Waals surface area contributed by atoms with Gasteiger partial charge in [0.05, 0.1) is 11.8 Å². The predicted molar refractivity (Wildman–Crippen MR) is 125 cm³/mol. The minimum Gasteiger partial charge on any atom is -0.381 e. The van der Waals surface area contributed by atoms with Crippen LogP contribution in [-0.2, 0) is 14.4 Å².